The van der Waals surface area contributed by atoms with Crippen LogP contribution < -0.4 is 0 Å². The van der Waals surface area contributed by atoms with Gasteiger partial charge in [0.1, 0.15) is 0 Å². The van der Waals surface area contributed by atoms with Crippen LogP contribution >= 0.6 is 0 Å². The Labute approximate surface area is 97.2 Å². The lowest BCUT2D eigenvalue weighted by Gasteiger charge is -2.16. The lowest BCUT2D eigenvalue weighted by atomic mass is 9.90. The minimum Gasteiger partial charge on any atom is -0.0825 e. The first-order valence-corrected chi connectivity index (χ1v) is 6.77. The second-order valence-corrected chi connectivity index (χ2v) is 5.25. The third-order valence-corrected chi connectivity index (χ3v) is 3.03. The normalized spacial score (nSPS) is 14.7. The Hall–Kier alpha value is -0.260. The molecular weight excluding hydrogens is 180 g/mol. The summed E-state index contributed by atoms with van der Waals surface area (Å²) in [7, 11) is 0. The molecule has 0 spiro atoms. The van der Waals surface area contributed by atoms with Gasteiger partial charge in [-0.3, -0.25) is 0 Å². The second-order valence-electron chi connectivity index (χ2n) is 5.25. The Balaban J connectivity index is 4.06. The topological polar surface area (TPSA) is 0 Å². The van der Waals surface area contributed by atoms with Crippen LogP contribution in [0.15, 0.2) is 11.6 Å². The van der Waals surface area contributed by atoms with Gasteiger partial charge in [0.2, 0.25) is 0 Å². The average molecular weight is 210 g/mol. The van der Waals surface area contributed by atoms with E-state index in [4.69, 9.17) is 0 Å². The van der Waals surface area contributed by atoms with Crippen molar-refractivity contribution in [3.63, 3.8) is 0 Å². The van der Waals surface area contributed by atoms with Crippen molar-refractivity contribution >= 4 is 0 Å². The summed E-state index contributed by atoms with van der Waals surface area (Å²) in [5, 5.41) is 0. The lowest BCUT2D eigenvalue weighted by Crippen LogP contribution is -2.02. The molecular formula is C15H30. The first-order valence-electron chi connectivity index (χ1n) is 6.77. The van der Waals surface area contributed by atoms with Crippen molar-refractivity contribution in [1.29, 1.82) is 0 Å². The molecule has 0 radical (unpaired) electrons. The number of hydrogen-bond acceptors (Lipinski definition) is 0. The molecule has 0 fully saturated rings. The van der Waals surface area contributed by atoms with Gasteiger partial charge in [-0.25, -0.2) is 0 Å². The summed E-state index contributed by atoms with van der Waals surface area (Å²) >= 11 is 0. The first-order chi connectivity index (χ1) is 7.10. The molecule has 0 aromatic rings. The highest BCUT2D eigenvalue weighted by Crippen LogP contribution is 2.22. The van der Waals surface area contributed by atoms with Crippen molar-refractivity contribution in [3.8, 4) is 0 Å². The second kappa shape index (κ2) is 9.00. The molecule has 0 aliphatic rings. The molecule has 0 rings (SSSR count). The van der Waals surface area contributed by atoms with E-state index in [1.165, 1.54) is 38.5 Å². The maximum Gasteiger partial charge on any atom is -0.0229 e. The molecule has 0 nitrogen and oxygen atoms in total. The maximum atomic E-state index is 2.52. The van der Waals surface area contributed by atoms with Gasteiger partial charge < -0.3 is 0 Å². The summed E-state index contributed by atoms with van der Waals surface area (Å²) in [4.78, 5) is 0. The fourth-order valence-electron chi connectivity index (χ4n) is 2.05. The maximum absolute atomic E-state index is 2.52. The lowest BCUT2D eigenvalue weighted by molar-refractivity contribution is 0.433. The molecule has 0 aliphatic heterocycles. The highest BCUT2D eigenvalue weighted by atomic mass is 14.1. The third kappa shape index (κ3) is 8.72. The summed E-state index contributed by atoms with van der Waals surface area (Å²) in [5.74, 6) is 1.66. The van der Waals surface area contributed by atoms with E-state index in [0.717, 1.165) is 11.8 Å². The molecule has 0 amide bonds. The zero-order valence-electron chi connectivity index (χ0n) is 11.5. The Bertz CT molecular complexity index is 165. The minimum absolute atomic E-state index is 0.830. The van der Waals surface area contributed by atoms with Crippen LogP contribution in [0.25, 0.3) is 0 Å². The molecule has 0 aromatic heterocycles. The van der Waals surface area contributed by atoms with E-state index in [-0.39, 0.29) is 0 Å². The van der Waals surface area contributed by atoms with Gasteiger partial charge >= 0.3 is 0 Å². The molecule has 1 atom stereocenters. The van der Waals surface area contributed by atoms with Crippen molar-refractivity contribution in [1.82, 2.24) is 0 Å². The Morgan fingerprint density at radius 2 is 1.80 bits per heavy atom. The molecule has 0 aliphatic carbocycles. The van der Waals surface area contributed by atoms with Gasteiger partial charge in [-0.1, -0.05) is 58.6 Å². The van der Waals surface area contributed by atoms with Crippen molar-refractivity contribution in [3.05, 3.63) is 11.6 Å². The van der Waals surface area contributed by atoms with E-state index >= 15 is 0 Å². The van der Waals surface area contributed by atoms with Gasteiger partial charge in [-0.05, 0) is 38.0 Å². The molecule has 0 aromatic carbocycles. The molecule has 0 heteroatoms. The summed E-state index contributed by atoms with van der Waals surface area (Å²) in [6.45, 7) is 11.5. The van der Waals surface area contributed by atoms with Crippen LogP contribution in [0, 0.1) is 11.8 Å². The summed E-state index contributed by atoms with van der Waals surface area (Å²) in [6.07, 6.45) is 10.6. The number of hydrogen-bond donors (Lipinski definition) is 0. The van der Waals surface area contributed by atoms with Crippen molar-refractivity contribution in [2.24, 2.45) is 11.8 Å². The predicted molar refractivity (Wildman–Crippen MR) is 71.1 cm³/mol. The van der Waals surface area contributed by atoms with Crippen molar-refractivity contribution in [2.45, 2.75) is 73.1 Å². The number of unbranched alkanes of at least 4 members (excludes halogenated alkanes) is 2. The molecule has 1 unspecified atom stereocenters. The van der Waals surface area contributed by atoms with E-state index in [9.17, 15) is 0 Å². The third-order valence-electron chi connectivity index (χ3n) is 3.03. The predicted octanol–water partition coefficient (Wildman–Crippen LogP) is 5.59. The number of rotatable bonds is 8. The largest absolute Gasteiger partial charge is 0.0825 e. The van der Waals surface area contributed by atoms with Crippen LogP contribution in [0.2, 0.25) is 0 Å². The van der Waals surface area contributed by atoms with Crippen LogP contribution in [-0.4, -0.2) is 0 Å². The molecule has 0 heterocycles. The van der Waals surface area contributed by atoms with Crippen LogP contribution in [0.3, 0.4) is 0 Å². The summed E-state index contributed by atoms with van der Waals surface area (Å²) in [6, 6.07) is 0. The highest BCUT2D eigenvalue weighted by Gasteiger charge is 2.07. The zero-order valence-corrected chi connectivity index (χ0v) is 11.5. The van der Waals surface area contributed by atoms with E-state index in [1.807, 2.05) is 0 Å². The van der Waals surface area contributed by atoms with Crippen LogP contribution in [-0.2, 0) is 0 Å². The monoisotopic (exact) mass is 210 g/mol. The van der Waals surface area contributed by atoms with Gasteiger partial charge in [0.05, 0.1) is 0 Å². The fourth-order valence-corrected chi connectivity index (χ4v) is 2.05. The summed E-state index contributed by atoms with van der Waals surface area (Å²) < 4.78 is 0. The molecule has 0 saturated carbocycles. The van der Waals surface area contributed by atoms with Crippen LogP contribution in [0.4, 0.5) is 0 Å². The molecule has 0 bridgehead atoms. The van der Waals surface area contributed by atoms with Crippen molar-refractivity contribution in [2.75, 3.05) is 0 Å². The smallest absolute Gasteiger partial charge is 0.0229 e. The van der Waals surface area contributed by atoms with E-state index in [1.54, 1.807) is 5.57 Å². The van der Waals surface area contributed by atoms with Gasteiger partial charge in [0.25, 0.3) is 0 Å². The standard InChI is InChI=1S/C15H30/c1-6-8-9-10-15(11-13(3)4)12-14(5)7-2/h12-13,15H,6-11H2,1-5H3. The van der Waals surface area contributed by atoms with Gasteiger partial charge in [0, 0.05) is 0 Å². The van der Waals surface area contributed by atoms with Gasteiger partial charge in [-0.2, -0.15) is 0 Å². The zero-order chi connectivity index (χ0) is 11.7. The molecule has 90 valence electrons. The summed E-state index contributed by atoms with van der Waals surface area (Å²) in [5.41, 5.74) is 1.57. The van der Waals surface area contributed by atoms with Crippen LogP contribution in [0.5, 0.6) is 0 Å². The SMILES string of the molecule is CCCCCC(C=C(C)CC)CC(C)C. The fraction of sp³-hybridized carbons (Fsp3) is 0.867. The average Bonchev–Trinajstić information content (AvgIpc) is 2.17. The van der Waals surface area contributed by atoms with E-state index < -0.39 is 0 Å². The quantitative estimate of drug-likeness (QED) is 0.362. The van der Waals surface area contributed by atoms with E-state index in [2.05, 4.69) is 40.7 Å². The Kier molecular flexibility index (Phi) is 8.85. The highest BCUT2D eigenvalue weighted by molar-refractivity contribution is 5.00. The van der Waals surface area contributed by atoms with Crippen molar-refractivity contribution < 1.29 is 0 Å². The molecule has 0 saturated heterocycles. The van der Waals surface area contributed by atoms with Gasteiger partial charge in [-0.15, -0.1) is 0 Å². The Morgan fingerprint density at radius 1 is 1.13 bits per heavy atom. The van der Waals surface area contributed by atoms with E-state index in [0.29, 0.717) is 0 Å². The van der Waals surface area contributed by atoms with Gasteiger partial charge in [0.15, 0.2) is 0 Å². The molecule has 15 heavy (non-hydrogen) atoms. The van der Waals surface area contributed by atoms with Crippen LogP contribution in [0.1, 0.15) is 73.1 Å². The minimum atomic E-state index is 0.830. The first kappa shape index (κ1) is 14.7. The number of allylic oxidation sites excluding steroid dienone is 2. The molecule has 0 N–H and O–H groups in total. The Morgan fingerprint density at radius 3 is 2.27 bits per heavy atom.